The molecule has 0 amide bonds. The Morgan fingerprint density at radius 3 is 3.00 bits per heavy atom. The molecule has 18 heavy (non-hydrogen) atoms. The van der Waals surface area contributed by atoms with E-state index in [-0.39, 0.29) is 11.3 Å². The van der Waals surface area contributed by atoms with E-state index >= 15 is 0 Å². The van der Waals surface area contributed by atoms with Gasteiger partial charge in [0.1, 0.15) is 5.65 Å². The quantitative estimate of drug-likeness (QED) is 0.901. The Hall–Kier alpha value is -1.82. The van der Waals surface area contributed by atoms with E-state index < -0.39 is 5.97 Å². The molecule has 0 bridgehead atoms. The van der Waals surface area contributed by atoms with Gasteiger partial charge in [-0.15, -0.1) is 11.8 Å². The van der Waals surface area contributed by atoms with Gasteiger partial charge in [-0.1, -0.05) is 0 Å². The molecule has 0 radical (unpaired) electrons. The van der Waals surface area contributed by atoms with Crippen LogP contribution in [-0.4, -0.2) is 26.2 Å². The van der Waals surface area contributed by atoms with Crippen molar-refractivity contribution in [3.63, 3.8) is 0 Å². The van der Waals surface area contributed by atoms with E-state index in [1.165, 1.54) is 22.2 Å². The first-order chi connectivity index (χ1) is 8.56. The van der Waals surface area contributed by atoms with Crippen LogP contribution in [0.2, 0.25) is 0 Å². The summed E-state index contributed by atoms with van der Waals surface area (Å²) < 4.78 is 1.47. The molecule has 0 atom stereocenters. The molecule has 0 saturated carbocycles. The van der Waals surface area contributed by atoms with Gasteiger partial charge in [-0.05, 0) is 24.6 Å². The van der Waals surface area contributed by atoms with Crippen molar-refractivity contribution >= 4 is 23.4 Å². The van der Waals surface area contributed by atoms with Gasteiger partial charge in [0.2, 0.25) is 0 Å². The third-order valence-corrected chi connectivity index (χ3v) is 3.30. The summed E-state index contributed by atoms with van der Waals surface area (Å²) in [6.45, 7) is 1.93. The number of thioether (sulfide) groups is 1. The van der Waals surface area contributed by atoms with Gasteiger partial charge in [-0.25, -0.2) is 4.98 Å². The first-order valence-corrected chi connectivity index (χ1v) is 6.50. The SMILES string of the molecule is Cc1ccn2c(=O)cc(CSCC(=O)O)nc2c1. The highest BCUT2D eigenvalue weighted by molar-refractivity contribution is 7.99. The summed E-state index contributed by atoms with van der Waals surface area (Å²) in [7, 11) is 0. The highest BCUT2D eigenvalue weighted by atomic mass is 32.2. The van der Waals surface area contributed by atoms with Crippen LogP contribution in [0, 0.1) is 6.92 Å². The zero-order valence-corrected chi connectivity index (χ0v) is 10.6. The molecule has 2 rings (SSSR count). The number of pyridine rings is 1. The Bertz CT molecular complexity index is 651. The summed E-state index contributed by atoms with van der Waals surface area (Å²) in [5, 5.41) is 8.55. The Kier molecular flexibility index (Phi) is 3.66. The van der Waals surface area contributed by atoms with Gasteiger partial charge in [0, 0.05) is 18.0 Å². The predicted molar refractivity (Wildman–Crippen MR) is 70.0 cm³/mol. The number of carboxylic acids is 1. The number of aromatic nitrogens is 2. The highest BCUT2D eigenvalue weighted by Gasteiger charge is 2.04. The van der Waals surface area contributed by atoms with Crippen LogP contribution in [0.1, 0.15) is 11.3 Å². The minimum absolute atomic E-state index is 0.00880. The van der Waals surface area contributed by atoms with Gasteiger partial charge < -0.3 is 5.11 Å². The summed E-state index contributed by atoms with van der Waals surface area (Å²) in [6.07, 6.45) is 1.69. The number of carboxylic acid groups (broad SMARTS) is 1. The number of hydrogen-bond acceptors (Lipinski definition) is 4. The summed E-state index contributed by atoms with van der Waals surface area (Å²) in [4.78, 5) is 26.6. The van der Waals surface area contributed by atoms with E-state index in [4.69, 9.17) is 5.11 Å². The van der Waals surface area contributed by atoms with Gasteiger partial charge in [0.15, 0.2) is 0 Å². The normalized spacial score (nSPS) is 10.7. The zero-order valence-electron chi connectivity index (χ0n) is 9.79. The Balaban J connectivity index is 2.30. The molecule has 6 heteroatoms. The molecule has 0 spiro atoms. The molecule has 0 saturated heterocycles. The molecule has 2 aromatic heterocycles. The number of hydrogen-bond donors (Lipinski definition) is 1. The van der Waals surface area contributed by atoms with E-state index in [9.17, 15) is 9.59 Å². The van der Waals surface area contributed by atoms with Gasteiger partial charge in [0.05, 0.1) is 11.4 Å². The molecule has 0 aromatic carbocycles. The first kappa shape index (κ1) is 12.6. The van der Waals surface area contributed by atoms with E-state index in [1.807, 2.05) is 19.1 Å². The van der Waals surface area contributed by atoms with Crippen molar-refractivity contribution in [1.29, 1.82) is 0 Å². The van der Waals surface area contributed by atoms with Crippen molar-refractivity contribution in [3.8, 4) is 0 Å². The Morgan fingerprint density at radius 1 is 1.50 bits per heavy atom. The molecule has 2 aromatic rings. The van der Waals surface area contributed by atoms with Crippen LogP contribution in [-0.2, 0) is 10.5 Å². The smallest absolute Gasteiger partial charge is 0.313 e. The summed E-state index contributed by atoms with van der Waals surface area (Å²) in [5.41, 5.74) is 2.08. The van der Waals surface area contributed by atoms with Crippen molar-refractivity contribution in [2.45, 2.75) is 12.7 Å². The van der Waals surface area contributed by atoms with Gasteiger partial charge in [0.25, 0.3) is 5.56 Å². The Labute approximate surface area is 107 Å². The number of carbonyl (C=O) groups is 1. The van der Waals surface area contributed by atoms with E-state index in [1.54, 1.807) is 6.20 Å². The van der Waals surface area contributed by atoms with Crippen molar-refractivity contribution in [1.82, 2.24) is 9.38 Å². The lowest BCUT2D eigenvalue weighted by Gasteiger charge is -2.04. The van der Waals surface area contributed by atoms with Gasteiger partial charge >= 0.3 is 5.97 Å². The molecule has 0 unspecified atom stereocenters. The lowest BCUT2D eigenvalue weighted by molar-refractivity contribution is -0.133. The maximum absolute atomic E-state index is 11.8. The highest BCUT2D eigenvalue weighted by Crippen LogP contribution is 2.10. The second-order valence-corrected chi connectivity index (χ2v) is 4.89. The van der Waals surface area contributed by atoms with Crippen LogP contribution in [0.25, 0.3) is 5.65 Å². The average Bonchev–Trinajstić information content (AvgIpc) is 2.27. The second kappa shape index (κ2) is 5.22. The number of fused-ring (bicyclic) bond motifs is 1. The minimum Gasteiger partial charge on any atom is -0.481 e. The second-order valence-electron chi connectivity index (χ2n) is 3.90. The lowest BCUT2D eigenvalue weighted by atomic mass is 10.3. The molecule has 5 nitrogen and oxygen atoms in total. The van der Waals surface area contributed by atoms with Crippen molar-refractivity contribution < 1.29 is 9.90 Å². The predicted octanol–water partition coefficient (Wildman–Crippen LogP) is 1.32. The maximum atomic E-state index is 11.8. The summed E-state index contributed by atoms with van der Waals surface area (Å²) >= 11 is 1.23. The molecule has 0 aliphatic carbocycles. The minimum atomic E-state index is -0.867. The van der Waals surface area contributed by atoms with Crippen LogP contribution in [0.3, 0.4) is 0 Å². The van der Waals surface area contributed by atoms with Crippen molar-refractivity contribution in [3.05, 3.63) is 46.0 Å². The topological polar surface area (TPSA) is 71.7 Å². The monoisotopic (exact) mass is 264 g/mol. The molecular formula is C12H12N2O3S. The molecule has 0 aliphatic heterocycles. The third-order valence-electron chi connectivity index (χ3n) is 2.35. The largest absolute Gasteiger partial charge is 0.481 e. The zero-order chi connectivity index (χ0) is 13.1. The van der Waals surface area contributed by atoms with Crippen molar-refractivity contribution in [2.75, 3.05) is 5.75 Å². The van der Waals surface area contributed by atoms with Crippen LogP contribution < -0.4 is 5.56 Å². The summed E-state index contributed by atoms with van der Waals surface area (Å²) in [5.74, 6) is -0.436. The molecule has 0 fully saturated rings. The van der Waals surface area contributed by atoms with Crippen LogP contribution in [0.15, 0.2) is 29.2 Å². The Morgan fingerprint density at radius 2 is 2.28 bits per heavy atom. The van der Waals surface area contributed by atoms with E-state index in [2.05, 4.69) is 4.98 Å². The number of aryl methyl sites for hydroxylation is 1. The van der Waals surface area contributed by atoms with Crippen LogP contribution in [0.4, 0.5) is 0 Å². The van der Waals surface area contributed by atoms with Crippen molar-refractivity contribution in [2.24, 2.45) is 0 Å². The summed E-state index contributed by atoms with van der Waals surface area (Å²) in [6, 6.07) is 5.11. The fraction of sp³-hybridized carbons (Fsp3) is 0.250. The van der Waals surface area contributed by atoms with Crippen LogP contribution >= 0.6 is 11.8 Å². The first-order valence-electron chi connectivity index (χ1n) is 5.35. The van der Waals surface area contributed by atoms with Gasteiger partial charge in [-0.2, -0.15) is 0 Å². The fourth-order valence-corrected chi connectivity index (χ4v) is 2.20. The third kappa shape index (κ3) is 2.89. The average molecular weight is 264 g/mol. The lowest BCUT2D eigenvalue weighted by Crippen LogP contribution is -2.15. The number of rotatable bonds is 4. The van der Waals surface area contributed by atoms with Gasteiger partial charge in [-0.3, -0.25) is 14.0 Å². The molecule has 2 heterocycles. The van der Waals surface area contributed by atoms with E-state index in [0.717, 1.165) is 5.56 Å². The van der Waals surface area contributed by atoms with Crippen LogP contribution in [0.5, 0.6) is 0 Å². The maximum Gasteiger partial charge on any atom is 0.313 e. The molecule has 0 aliphatic rings. The number of nitrogens with zero attached hydrogens (tertiary/aromatic N) is 2. The number of aliphatic carboxylic acids is 1. The molecule has 1 N–H and O–H groups in total. The molecule has 94 valence electrons. The van der Waals surface area contributed by atoms with E-state index in [0.29, 0.717) is 17.1 Å². The standard InChI is InChI=1S/C12H12N2O3S/c1-8-2-3-14-10(4-8)13-9(5-11(14)15)6-18-7-12(16)17/h2-5H,6-7H2,1H3,(H,16,17). The fourth-order valence-electron chi connectivity index (χ4n) is 1.57. The molecular weight excluding hydrogens is 252 g/mol.